The van der Waals surface area contributed by atoms with Gasteiger partial charge in [0, 0.05) is 21.4 Å². The number of hydrogen-bond acceptors (Lipinski definition) is 3. The summed E-state index contributed by atoms with van der Waals surface area (Å²) in [5, 5.41) is 7.05. The Balaban J connectivity index is 1.94. The molecule has 0 saturated carbocycles. The summed E-state index contributed by atoms with van der Waals surface area (Å²) in [5.74, 6) is 0.343. The largest absolute Gasteiger partial charge is 0.495 e. The van der Waals surface area contributed by atoms with Gasteiger partial charge in [-0.1, -0.05) is 34.8 Å². The zero-order valence-electron chi connectivity index (χ0n) is 11.6. The van der Waals surface area contributed by atoms with Crippen molar-refractivity contribution in [1.29, 1.82) is 0 Å². The molecule has 2 aromatic rings. The van der Waals surface area contributed by atoms with Crippen LogP contribution in [-0.4, -0.2) is 19.6 Å². The average Bonchev–Trinajstić information content (AvgIpc) is 2.44. The van der Waals surface area contributed by atoms with E-state index in [0.29, 0.717) is 32.2 Å². The topological polar surface area (TPSA) is 50.4 Å². The van der Waals surface area contributed by atoms with Crippen LogP contribution in [0.15, 0.2) is 36.4 Å². The number of ether oxygens (including phenoxy) is 1. The van der Waals surface area contributed by atoms with Crippen LogP contribution in [0.4, 0.5) is 11.4 Å². The zero-order valence-corrected chi connectivity index (χ0v) is 13.9. The van der Waals surface area contributed by atoms with E-state index in [2.05, 4.69) is 10.6 Å². The number of benzene rings is 2. The summed E-state index contributed by atoms with van der Waals surface area (Å²) in [6.07, 6.45) is 0. The Kier molecular flexibility index (Phi) is 5.77. The number of carbonyl (C=O) groups excluding carboxylic acids is 1. The van der Waals surface area contributed by atoms with Crippen molar-refractivity contribution < 1.29 is 9.53 Å². The van der Waals surface area contributed by atoms with Crippen LogP contribution in [0.2, 0.25) is 15.1 Å². The van der Waals surface area contributed by atoms with E-state index in [1.807, 2.05) is 0 Å². The van der Waals surface area contributed by atoms with Crippen molar-refractivity contribution in [3.8, 4) is 5.75 Å². The van der Waals surface area contributed by atoms with Crippen molar-refractivity contribution >= 4 is 52.1 Å². The molecule has 0 heterocycles. The molecule has 116 valence electrons. The zero-order chi connectivity index (χ0) is 16.1. The first kappa shape index (κ1) is 16.7. The molecule has 2 N–H and O–H groups in total. The molecular formula is C15H13Cl3N2O2. The van der Waals surface area contributed by atoms with Gasteiger partial charge in [-0.25, -0.2) is 0 Å². The van der Waals surface area contributed by atoms with Crippen molar-refractivity contribution in [3.63, 3.8) is 0 Å². The molecule has 2 aromatic carbocycles. The molecule has 0 aliphatic rings. The number of anilines is 2. The maximum atomic E-state index is 11.9. The molecule has 0 atom stereocenters. The van der Waals surface area contributed by atoms with E-state index < -0.39 is 0 Å². The molecule has 0 spiro atoms. The first-order valence-corrected chi connectivity index (χ1v) is 7.44. The Hall–Kier alpha value is -1.62. The molecule has 0 aliphatic carbocycles. The molecule has 0 fully saturated rings. The molecular weight excluding hydrogens is 347 g/mol. The normalized spacial score (nSPS) is 10.2. The van der Waals surface area contributed by atoms with Gasteiger partial charge in [0.1, 0.15) is 5.75 Å². The van der Waals surface area contributed by atoms with Crippen LogP contribution in [0.25, 0.3) is 0 Å². The van der Waals surface area contributed by atoms with Gasteiger partial charge >= 0.3 is 0 Å². The van der Waals surface area contributed by atoms with Gasteiger partial charge in [0.05, 0.1) is 18.7 Å². The van der Waals surface area contributed by atoms with Crippen molar-refractivity contribution in [2.24, 2.45) is 0 Å². The summed E-state index contributed by atoms with van der Waals surface area (Å²) in [4.78, 5) is 11.9. The van der Waals surface area contributed by atoms with Gasteiger partial charge in [-0.05, 0) is 36.4 Å². The SMILES string of the molecule is COc1ccc(NCC(=O)Nc2cc(Cl)cc(Cl)c2)cc1Cl. The molecule has 7 heteroatoms. The third-order valence-corrected chi connectivity index (χ3v) is 3.48. The predicted octanol–water partition coefficient (Wildman–Crippen LogP) is 4.71. The van der Waals surface area contributed by atoms with Crippen molar-refractivity contribution in [2.75, 3.05) is 24.3 Å². The highest BCUT2D eigenvalue weighted by Gasteiger charge is 2.06. The molecule has 0 saturated heterocycles. The summed E-state index contributed by atoms with van der Waals surface area (Å²) in [7, 11) is 1.54. The van der Waals surface area contributed by atoms with Gasteiger partial charge < -0.3 is 15.4 Å². The Morgan fingerprint density at radius 3 is 2.32 bits per heavy atom. The molecule has 0 radical (unpaired) electrons. The monoisotopic (exact) mass is 358 g/mol. The van der Waals surface area contributed by atoms with Crippen LogP contribution in [0, 0.1) is 0 Å². The van der Waals surface area contributed by atoms with Crippen molar-refractivity contribution in [1.82, 2.24) is 0 Å². The van der Waals surface area contributed by atoms with Crippen LogP contribution in [0.3, 0.4) is 0 Å². The number of methoxy groups -OCH3 is 1. The van der Waals surface area contributed by atoms with Gasteiger partial charge in [-0.3, -0.25) is 4.79 Å². The van der Waals surface area contributed by atoms with Crippen molar-refractivity contribution in [2.45, 2.75) is 0 Å². The fourth-order valence-electron chi connectivity index (χ4n) is 1.79. The highest BCUT2D eigenvalue weighted by molar-refractivity contribution is 6.35. The predicted molar refractivity (Wildman–Crippen MR) is 91.6 cm³/mol. The molecule has 1 amide bonds. The quantitative estimate of drug-likeness (QED) is 0.813. The highest BCUT2D eigenvalue weighted by Crippen LogP contribution is 2.27. The van der Waals surface area contributed by atoms with Gasteiger partial charge in [0.2, 0.25) is 5.91 Å². The first-order valence-electron chi connectivity index (χ1n) is 6.31. The van der Waals surface area contributed by atoms with E-state index >= 15 is 0 Å². The van der Waals surface area contributed by atoms with Crippen LogP contribution < -0.4 is 15.4 Å². The number of carbonyl (C=O) groups is 1. The minimum atomic E-state index is -0.231. The van der Waals surface area contributed by atoms with E-state index in [-0.39, 0.29) is 12.5 Å². The Bertz CT molecular complexity index is 672. The van der Waals surface area contributed by atoms with E-state index in [9.17, 15) is 4.79 Å². The van der Waals surface area contributed by atoms with E-state index in [0.717, 1.165) is 0 Å². The maximum absolute atomic E-state index is 11.9. The van der Waals surface area contributed by atoms with E-state index in [1.165, 1.54) is 7.11 Å². The number of hydrogen-bond donors (Lipinski definition) is 2. The summed E-state index contributed by atoms with van der Waals surface area (Å²) < 4.78 is 5.06. The Morgan fingerprint density at radius 2 is 1.73 bits per heavy atom. The standard InChI is InChI=1S/C15H13Cl3N2O2/c1-22-14-3-2-11(7-13(14)18)19-8-15(21)20-12-5-9(16)4-10(17)6-12/h2-7,19H,8H2,1H3,(H,20,21). The van der Waals surface area contributed by atoms with Crippen LogP contribution in [0.1, 0.15) is 0 Å². The maximum Gasteiger partial charge on any atom is 0.243 e. The fourth-order valence-corrected chi connectivity index (χ4v) is 2.57. The lowest BCUT2D eigenvalue weighted by molar-refractivity contribution is -0.114. The van der Waals surface area contributed by atoms with Gasteiger partial charge in [-0.2, -0.15) is 0 Å². The molecule has 0 unspecified atom stereocenters. The minimum Gasteiger partial charge on any atom is -0.495 e. The average molecular weight is 360 g/mol. The van der Waals surface area contributed by atoms with Gasteiger partial charge in [-0.15, -0.1) is 0 Å². The van der Waals surface area contributed by atoms with Crippen LogP contribution in [-0.2, 0) is 4.79 Å². The second kappa shape index (κ2) is 7.58. The van der Waals surface area contributed by atoms with Crippen molar-refractivity contribution in [3.05, 3.63) is 51.5 Å². The third-order valence-electron chi connectivity index (χ3n) is 2.75. The van der Waals surface area contributed by atoms with E-state index in [1.54, 1.807) is 36.4 Å². The van der Waals surface area contributed by atoms with Crippen LogP contribution >= 0.6 is 34.8 Å². The number of amides is 1. The second-order valence-electron chi connectivity index (χ2n) is 4.41. The lowest BCUT2D eigenvalue weighted by atomic mass is 10.3. The van der Waals surface area contributed by atoms with E-state index in [4.69, 9.17) is 39.5 Å². The molecule has 0 aliphatic heterocycles. The fraction of sp³-hybridized carbons (Fsp3) is 0.133. The molecule has 22 heavy (non-hydrogen) atoms. The van der Waals surface area contributed by atoms with Crippen LogP contribution in [0.5, 0.6) is 5.75 Å². The smallest absolute Gasteiger partial charge is 0.243 e. The number of rotatable bonds is 5. The summed E-state index contributed by atoms with van der Waals surface area (Å²) in [6, 6.07) is 10.0. The summed E-state index contributed by atoms with van der Waals surface area (Å²) in [6.45, 7) is 0.0762. The second-order valence-corrected chi connectivity index (χ2v) is 5.69. The lowest BCUT2D eigenvalue weighted by Crippen LogP contribution is -2.21. The van der Waals surface area contributed by atoms with Gasteiger partial charge in [0.15, 0.2) is 0 Å². The van der Waals surface area contributed by atoms with Gasteiger partial charge in [0.25, 0.3) is 0 Å². The lowest BCUT2D eigenvalue weighted by Gasteiger charge is -2.10. The molecule has 0 bridgehead atoms. The summed E-state index contributed by atoms with van der Waals surface area (Å²) >= 11 is 17.8. The molecule has 0 aromatic heterocycles. The molecule has 4 nitrogen and oxygen atoms in total. The Labute approximate surface area is 143 Å². The Morgan fingerprint density at radius 1 is 1.05 bits per heavy atom. The minimum absolute atomic E-state index is 0.0762. The first-order chi connectivity index (χ1) is 10.5. The third kappa shape index (κ3) is 4.70. The summed E-state index contributed by atoms with van der Waals surface area (Å²) in [5.41, 5.74) is 1.25. The number of halogens is 3. The number of nitrogens with one attached hydrogen (secondary N) is 2. The molecule has 2 rings (SSSR count). The highest BCUT2D eigenvalue weighted by atomic mass is 35.5.